The number of carbonyl (C=O) groups is 2. The molecule has 1 unspecified atom stereocenters. The third-order valence-electron chi connectivity index (χ3n) is 6.01. The first-order valence-electron chi connectivity index (χ1n) is 11.1. The minimum atomic E-state index is -1.86. The molecule has 1 aromatic carbocycles. The molecule has 176 valence electrons. The predicted octanol–water partition coefficient (Wildman–Crippen LogP) is 1.63. The zero-order chi connectivity index (χ0) is 23.4. The third kappa shape index (κ3) is 5.25. The number of rotatable bonds is 7. The maximum atomic E-state index is 13.0. The highest BCUT2D eigenvalue weighted by Gasteiger charge is 2.38. The number of nitrogens with zero attached hydrogens (tertiary/aromatic N) is 3. The van der Waals surface area contributed by atoms with Crippen molar-refractivity contribution in [1.82, 2.24) is 20.6 Å². The van der Waals surface area contributed by atoms with E-state index in [0.717, 1.165) is 42.1 Å². The average Bonchev–Trinajstić information content (AvgIpc) is 3.57. The van der Waals surface area contributed by atoms with Crippen LogP contribution in [0.5, 0.6) is 0 Å². The summed E-state index contributed by atoms with van der Waals surface area (Å²) in [6, 6.07) is 6.95. The zero-order valence-corrected chi connectivity index (χ0v) is 19.2. The number of aliphatic hydroxyl groups is 2. The fourth-order valence-corrected chi connectivity index (χ4v) is 4.93. The predicted molar refractivity (Wildman–Crippen MR) is 125 cm³/mol. The van der Waals surface area contributed by atoms with E-state index in [9.17, 15) is 19.8 Å². The Morgan fingerprint density at radius 3 is 2.67 bits per heavy atom. The fraction of sp³-hybridized carbons (Fsp3) is 0.435. The van der Waals surface area contributed by atoms with Gasteiger partial charge in [0.2, 0.25) is 0 Å². The quantitative estimate of drug-likeness (QED) is 0.485. The van der Waals surface area contributed by atoms with E-state index in [4.69, 9.17) is 0 Å². The Bertz CT molecular complexity index is 981. The summed E-state index contributed by atoms with van der Waals surface area (Å²) in [6.45, 7) is 3.01. The van der Waals surface area contributed by atoms with E-state index in [2.05, 4.69) is 15.7 Å². The Balaban J connectivity index is 1.36. The molecule has 0 spiro atoms. The molecule has 0 saturated carbocycles. The molecule has 2 aliphatic rings. The SMILES string of the molecule is C[C@@H](NC(=O)[C@H](O)[C@@H](O)C(=O)N1CCCCC1c1nccs1)c1ccc(N2C=CCN2)cc1. The minimum absolute atomic E-state index is 0.242. The number of benzene rings is 1. The lowest BCUT2D eigenvalue weighted by Crippen LogP contribution is -2.52. The molecule has 2 aromatic rings. The van der Waals surface area contributed by atoms with Crippen molar-refractivity contribution < 1.29 is 19.8 Å². The number of nitrogens with one attached hydrogen (secondary N) is 2. The normalized spacial score (nSPS) is 21.0. The number of aliphatic hydroxyl groups excluding tert-OH is 2. The lowest BCUT2D eigenvalue weighted by Gasteiger charge is -2.36. The number of likely N-dealkylation sites (tertiary alicyclic amines) is 1. The molecule has 4 rings (SSSR count). The Morgan fingerprint density at radius 1 is 1.21 bits per heavy atom. The van der Waals surface area contributed by atoms with Crippen LogP contribution in [0, 0.1) is 0 Å². The van der Waals surface area contributed by atoms with Gasteiger partial charge in [0, 0.05) is 30.9 Å². The number of anilines is 1. The maximum absolute atomic E-state index is 13.0. The zero-order valence-electron chi connectivity index (χ0n) is 18.4. The number of amides is 2. The minimum Gasteiger partial charge on any atom is -0.380 e. The van der Waals surface area contributed by atoms with Gasteiger partial charge in [0.25, 0.3) is 11.8 Å². The van der Waals surface area contributed by atoms with Gasteiger partial charge in [-0.3, -0.25) is 14.6 Å². The van der Waals surface area contributed by atoms with Crippen LogP contribution in [0.4, 0.5) is 5.69 Å². The van der Waals surface area contributed by atoms with E-state index in [1.165, 1.54) is 16.2 Å². The highest BCUT2D eigenvalue weighted by molar-refractivity contribution is 7.09. The number of carbonyl (C=O) groups excluding carboxylic acids is 2. The molecule has 10 heteroatoms. The molecule has 1 saturated heterocycles. The van der Waals surface area contributed by atoms with Gasteiger partial charge in [-0.05, 0) is 43.9 Å². The van der Waals surface area contributed by atoms with Crippen molar-refractivity contribution in [2.45, 2.75) is 50.5 Å². The lowest BCUT2D eigenvalue weighted by atomic mass is 10.0. The van der Waals surface area contributed by atoms with Gasteiger partial charge < -0.3 is 20.4 Å². The smallest absolute Gasteiger partial charge is 0.255 e. The van der Waals surface area contributed by atoms with Gasteiger partial charge in [0.1, 0.15) is 5.01 Å². The third-order valence-corrected chi connectivity index (χ3v) is 6.88. The van der Waals surface area contributed by atoms with E-state index in [1.807, 2.05) is 46.9 Å². The Labute approximate surface area is 196 Å². The van der Waals surface area contributed by atoms with Crippen LogP contribution in [0.2, 0.25) is 0 Å². The van der Waals surface area contributed by atoms with E-state index >= 15 is 0 Å². The summed E-state index contributed by atoms with van der Waals surface area (Å²) < 4.78 is 0. The molecule has 1 fully saturated rings. The lowest BCUT2D eigenvalue weighted by molar-refractivity contribution is -0.156. The Kier molecular flexibility index (Phi) is 7.39. The molecule has 4 N–H and O–H groups in total. The highest BCUT2D eigenvalue weighted by atomic mass is 32.1. The second-order valence-corrected chi connectivity index (χ2v) is 9.17. The number of piperidine rings is 1. The molecule has 0 bridgehead atoms. The summed E-state index contributed by atoms with van der Waals surface area (Å²) in [6.07, 6.45) is 4.42. The van der Waals surface area contributed by atoms with Crippen molar-refractivity contribution in [3.05, 3.63) is 58.7 Å². The highest BCUT2D eigenvalue weighted by Crippen LogP contribution is 2.32. The van der Waals surface area contributed by atoms with Gasteiger partial charge in [-0.15, -0.1) is 11.3 Å². The Morgan fingerprint density at radius 2 is 2.00 bits per heavy atom. The first kappa shape index (κ1) is 23.4. The van der Waals surface area contributed by atoms with Crippen molar-refractivity contribution in [2.75, 3.05) is 18.1 Å². The molecule has 3 heterocycles. The van der Waals surface area contributed by atoms with Gasteiger partial charge in [-0.25, -0.2) is 10.4 Å². The molecule has 0 aliphatic carbocycles. The number of hydrazine groups is 1. The van der Waals surface area contributed by atoms with Crippen molar-refractivity contribution in [3.63, 3.8) is 0 Å². The van der Waals surface area contributed by atoms with E-state index in [0.29, 0.717) is 6.54 Å². The van der Waals surface area contributed by atoms with E-state index in [-0.39, 0.29) is 6.04 Å². The monoisotopic (exact) mass is 471 g/mol. The standard InChI is InChI=1S/C23H29N5O4S/c1-15(16-6-8-17(9-7-16)28-13-4-10-25-28)26-21(31)19(29)20(30)23(32)27-12-3-2-5-18(27)22-24-11-14-33-22/h4,6-9,11,13-15,18-20,25,29-30H,2-3,5,10,12H2,1H3,(H,26,31)/t15-,18?,19-,20-/m1/s1. The molecular formula is C23H29N5O4S. The molecule has 0 radical (unpaired) electrons. The largest absolute Gasteiger partial charge is 0.380 e. The van der Waals surface area contributed by atoms with Gasteiger partial charge >= 0.3 is 0 Å². The number of hydrogen-bond donors (Lipinski definition) is 4. The van der Waals surface area contributed by atoms with Crippen LogP contribution in [-0.2, 0) is 9.59 Å². The summed E-state index contributed by atoms with van der Waals surface area (Å²) in [5.41, 5.74) is 4.98. The molecule has 33 heavy (non-hydrogen) atoms. The Hall–Kier alpha value is -2.79. The molecule has 9 nitrogen and oxygen atoms in total. The molecule has 4 atom stereocenters. The van der Waals surface area contributed by atoms with Crippen LogP contribution in [0.15, 0.2) is 48.1 Å². The van der Waals surface area contributed by atoms with Crippen LogP contribution in [0.25, 0.3) is 0 Å². The van der Waals surface area contributed by atoms with E-state index < -0.39 is 30.1 Å². The van der Waals surface area contributed by atoms with Crippen LogP contribution >= 0.6 is 11.3 Å². The molecular weight excluding hydrogens is 442 g/mol. The summed E-state index contributed by atoms with van der Waals surface area (Å²) in [5, 5.41) is 28.2. The second kappa shape index (κ2) is 10.4. The summed E-state index contributed by atoms with van der Waals surface area (Å²) in [7, 11) is 0. The van der Waals surface area contributed by atoms with Crippen LogP contribution in [0.3, 0.4) is 0 Å². The first-order valence-corrected chi connectivity index (χ1v) is 12.0. The molecule has 1 aromatic heterocycles. The summed E-state index contributed by atoms with van der Waals surface area (Å²) >= 11 is 1.45. The molecule has 2 aliphatic heterocycles. The second-order valence-electron chi connectivity index (χ2n) is 8.24. The number of aromatic nitrogens is 1. The van der Waals surface area contributed by atoms with Crippen LogP contribution in [-0.4, -0.2) is 57.2 Å². The van der Waals surface area contributed by atoms with Gasteiger partial charge in [-0.1, -0.05) is 18.2 Å². The first-order chi connectivity index (χ1) is 16.0. The van der Waals surface area contributed by atoms with Crippen molar-refractivity contribution >= 4 is 28.8 Å². The summed E-state index contributed by atoms with van der Waals surface area (Å²) in [4.78, 5) is 31.4. The van der Waals surface area contributed by atoms with Crippen LogP contribution < -0.4 is 15.8 Å². The average molecular weight is 472 g/mol. The van der Waals surface area contributed by atoms with Crippen molar-refractivity contribution in [3.8, 4) is 0 Å². The number of thiazole rings is 1. The molecule has 2 amide bonds. The summed E-state index contributed by atoms with van der Waals surface area (Å²) in [5.74, 6) is -1.44. The van der Waals surface area contributed by atoms with Crippen molar-refractivity contribution in [1.29, 1.82) is 0 Å². The van der Waals surface area contributed by atoms with Gasteiger partial charge in [0.15, 0.2) is 12.2 Å². The fourth-order valence-electron chi connectivity index (χ4n) is 4.14. The van der Waals surface area contributed by atoms with Crippen LogP contribution in [0.1, 0.15) is 48.8 Å². The van der Waals surface area contributed by atoms with E-state index in [1.54, 1.807) is 13.1 Å². The van der Waals surface area contributed by atoms with Gasteiger partial charge in [0.05, 0.1) is 17.8 Å². The van der Waals surface area contributed by atoms with Gasteiger partial charge in [-0.2, -0.15) is 0 Å². The maximum Gasteiger partial charge on any atom is 0.255 e. The topological polar surface area (TPSA) is 118 Å². The van der Waals surface area contributed by atoms with Crippen molar-refractivity contribution in [2.24, 2.45) is 0 Å². The number of hydrogen-bond acceptors (Lipinski definition) is 8.